The minimum absolute atomic E-state index is 0.00317. The topological polar surface area (TPSA) is 86.8 Å². The van der Waals surface area contributed by atoms with Crippen molar-refractivity contribution in [3.05, 3.63) is 94.0 Å². The fourth-order valence-corrected chi connectivity index (χ4v) is 6.16. The highest BCUT2D eigenvalue weighted by Gasteiger charge is 2.34. The van der Waals surface area contributed by atoms with Crippen LogP contribution < -0.4 is 9.62 Å². The first-order chi connectivity index (χ1) is 18.9. The Bertz CT molecular complexity index is 1430. The van der Waals surface area contributed by atoms with E-state index in [1.807, 2.05) is 52.0 Å². The molecular weight excluding hydrogens is 569 g/mol. The fraction of sp³-hybridized carbons (Fsp3) is 0.333. The van der Waals surface area contributed by atoms with Crippen LogP contribution in [0.5, 0.6) is 0 Å². The van der Waals surface area contributed by atoms with E-state index in [4.69, 9.17) is 23.2 Å². The van der Waals surface area contributed by atoms with Crippen molar-refractivity contribution < 1.29 is 18.0 Å². The number of nitrogens with one attached hydrogen (secondary N) is 1. The van der Waals surface area contributed by atoms with Gasteiger partial charge in [0.2, 0.25) is 11.8 Å². The van der Waals surface area contributed by atoms with E-state index in [0.29, 0.717) is 13.0 Å². The van der Waals surface area contributed by atoms with Gasteiger partial charge < -0.3 is 10.2 Å². The number of anilines is 1. The van der Waals surface area contributed by atoms with Gasteiger partial charge in [0.25, 0.3) is 10.0 Å². The Kier molecular flexibility index (Phi) is 11.0. The van der Waals surface area contributed by atoms with Crippen molar-refractivity contribution >= 4 is 50.7 Å². The maximum absolute atomic E-state index is 14.1. The lowest BCUT2D eigenvalue weighted by atomic mass is 10.1. The van der Waals surface area contributed by atoms with Crippen LogP contribution in [0, 0.1) is 12.8 Å². The zero-order chi connectivity index (χ0) is 29.4. The van der Waals surface area contributed by atoms with Crippen LogP contribution in [0.3, 0.4) is 0 Å². The van der Waals surface area contributed by atoms with Gasteiger partial charge in [0, 0.05) is 13.1 Å². The summed E-state index contributed by atoms with van der Waals surface area (Å²) in [5.74, 6) is -0.627. The molecule has 0 aliphatic rings. The minimum atomic E-state index is -4.23. The summed E-state index contributed by atoms with van der Waals surface area (Å²) in [6.45, 7) is 7.72. The Morgan fingerprint density at radius 3 is 2.25 bits per heavy atom. The second kappa shape index (κ2) is 14.0. The molecular formula is C30H35Cl2N3O4S. The molecule has 0 saturated heterocycles. The van der Waals surface area contributed by atoms with E-state index in [1.54, 1.807) is 30.3 Å². The number of sulfonamides is 1. The number of halogens is 2. The highest BCUT2D eigenvalue weighted by atomic mass is 35.5. The molecule has 1 atom stereocenters. The number of nitrogens with zero attached hydrogens (tertiary/aromatic N) is 2. The molecule has 1 N–H and O–H groups in total. The first kappa shape index (κ1) is 31.5. The summed E-state index contributed by atoms with van der Waals surface area (Å²) in [5.41, 5.74) is 1.89. The predicted molar refractivity (Wildman–Crippen MR) is 161 cm³/mol. The minimum Gasteiger partial charge on any atom is -0.354 e. The van der Waals surface area contributed by atoms with Gasteiger partial charge in [-0.1, -0.05) is 98.1 Å². The van der Waals surface area contributed by atoms with Crippen LogP contribution in [0.1, 0.15) is 38.3 Å². The monoisotopic (exact) mass is 603 g/mol. The molecule has 0 heterocycles. The van der Waals surface area contributed by atoms with Crippen molar-refractivity contribution in [1.82, 2.24) is 10.2 Å². The molecule has 3 rings (SSSR count). The molecule has 0 aliphatic carbocycles. The second-order valence-corrected chi connectivity index (χ2v) is 12.6. The lowest BCUT2D eigenvalue weighted by Gasteiger charge is -2.33. The Morgan fingerprint density at radius 1 is 0.950 bits per heavy atom. The summed E-state index contributed by atoms with van der Waals surface area (Å²) in [7, 11) is -4.23. The lowest BCUT2D eigenvalue weighted by Crippen LogP contribution is -2.52. The van der Waals surface area contributed by atoms with Gasteiger partial charge >= 0.3 is 0 Å². The fourth-order valence-electron chi connectivity index (χ4n) is 4.27. The van der Waals surface area contributed by atoms with Crippen LogP contribution in [0.15, 0.2) is 77.7 Å². The number of amides is 2. The number of carbonyl (C=O) groups is 2. The van der Waals surface area contributed by atoms with Gasteiger partial charge in [-0.25, -0.2) is 8.42 Å². The van der Waals surface area contributed by atoms with E-state index in [0.717, 1.165) is 15.4 Å². The Hall–Kier alpha value is -3.07. The summed E-state index contributed by atoms with van der Waals surface area (Å²) >= 11 is 12.7. The molecule has 7 nitrogen and oxygen atoms in total. The standard InChI is InChI=1S/C30H35Cl2N3O4S/c1-5-26(30(37)33-18-21(2)3)34(19-23-12-9-11-22(4)17-23)28(36)20-35(27-16-10-15-25(31)29(27)32)40(38,39)24-13-7-6-8-14-24/h6-17,21,26H,5,18-20H2,1-4H3,(H,33,37). The molecule has 1 unspecified atom stereocenters. The molecule has 40 heavy (non-hydrogen) atoms. The van der Waals surface area contributed by atoms with E-state index < -0.39 is 28.5 Å². The van der Waals surface area contributed by atoms with Gasteiger partial charge in [-0.05, 0) is 49.1 Å². The van der Waals surface area contributed by atoms with Crippen LogP contribution in [0.2, 0.25) is 10.0 Å². The van der Waals surface area contributed by atoms with Crippen molar-refractivity contribution in [2.45, 2.75) is 51.6 Å². The number of aryl methyl sites for hydroxylation is 1. The maximum atomic E-state index is 14.1. The summed E-state index contributed by atoms with van der Waals surface area (Å²) < 4.78 is 28.7. The number of benzene rings is 3. The molecule has 3 aromatic rings. The number of hydrogen-bond donors (Lipinski definition) is 1. The van der Waals surface area contributed by atoms with E-state index in [1.165, 1.54) is 23.1 Å². The van der Waals surface area contributed by atoms with Crippen LogP contribution >= 0.6 is 23.2 Å². The number of rotatable bonds is 12. The van der Waals surface area contributed by atoms with E-state index >= 15 is 0 Å². The molecule has 214 valence electrons. The average Bonchev–Trinajstić information content (AvgIpc) is 2.92. The van der Waals surface area contributed by atoms with Gasteiger partial charge in [0.05, 0.1) is 20.6 Å². The van der Waals surface area contributed by atoms with Crippen molar-refractivity contribution in [1.29, 1.82) is 0 Å². The third-order valence-electron chi connectivity index (χ3n) is 6.32. The summed E-state index contributed by atoms with van der Waals surface area (Å²) in [6.07, 6.45) is 0.338. The smallest absolute Gasteiger partial charge is 0.264 e. The third kappa shape index (κ3) is 7.77. The highest BCUT2D eigenvalue weighted by Crippen LogP contribution is 2.35. The zero-order valence-corrected chi connectivity index (χ0v) is 25.4. The van der Waals surface area contributed by atoms with E-state index in [9.17, 15) is 18.0 Å². The molecule has 0 radical (unpaired) electrons. The largest absolute Gasteiger partial charge is 0.354 e. The van der Waals surface area contributed by atoms with Crippen LogP contribution in [-0.2, 0) is 26.2 Å². The summed E-state index contributed by atoms with van der Waals surface area (Å²) in [4.78, 5) is 28.8. The zero-order valence-electron chi connectivity index (χ0n) is 23.1. The van der Waals surface area contributed by atoms with E-state index in [2.05, 4.69) is 5.32 Å². The van der Waals surface area contributed by atoms with Crippen LogP contribution in [0.25, 0.3) is 0 Å². The summed E-state index contributed by atoms with van der Waals surface area (Å²) in [5, 5.41) is 3.07. The van der Waals surface area contributed by atoms with Crippen molar-refractivity contribution in [2.24, 2.45) is 5.92 Å². The predicted octanol–water partition coefficient (Wildman–Crippen LogP) is 6.08. The van der Waals surface area contributed by atoms with Gasteiger partial charge in [-0.2, -0.15) is 0 Å². The first-order valence-corrected chi connectivity index (χ1v) is 15.3. The third-order valence-corrected chi connectivity index (χ3v) is 8.90. The lowest BCUT2D eigenvalue weighted by molar-refractivity contribution is -0.140. The molecule has 0 bridgehead atoms. The van der Waals surface area contributed by atoms with Crippen LogP contribution in [0.4, 0.5) is 5.69 Å². The van der Waals surface area contributed by atoms with Gasteiger partial charge in [0.1, 0.15) is 12.6 Å². The average molecular weight is 605 g/mol. The number of carbonyl (C=O) groups excluding carboxylic acids is 2. The molecule has 0 aromatic heterocycles. The molecule has 2 amide bonds. The summed E-state index contributed by atoms with van der Waals surface area (Å²) in [6, 6.07) is 19.2. The highest BCUT2D eigenvalue weighted by molar-refractivity contribution is 7.92. The molecule has 0 saturated carbocycles. The molecule has 0 fully saturated rings. The molecule has 0 aliphatic heterocycles. The SMILES string of the molecule is CCC(C(=O)NCC(C)C)N(Cc1cccc(C)c1)C(=O)CN(c1cccc(Cl)c1Cl)S(=O)(=O)c1ccccc1. The van der Waals surface area contributed by atoms with Gasteiger partial charge in [-0.15, -0.1) is 0 Å². The normalized spacial score (nSPS) is 12.2. The second-order valence-electron chi connectivity index (χ2n) is 9.97. The Morgan fingerprint density at radius 2 is 1.62 bits per heavy atom. The molecule has 3 aromatic carbocycles. The van der Waals surface area contributed by atoms with Gasteiger partial charge in [-0.3, -0.25) is 13.9 Å². The molecule has 0 spiro atoms. The maximum Gasteiger partial charge on any atom is 0.264 e. The van der Waals surface area contributed by atoms with Crippen molar-refractivity contribution in [3.8, 4) is 0 Å². The Balaban J connectivity index is 2.08. The number of hydrogen-bond acceptors (Lipinski definition) is 4. The van der Waals surface area contributed by atoms with Crippen molar-refractivity contribution in [3.63, 3.8) is 0 Å². The van der Waals surface area contributed by atoms with E-state index in [-0.39, 0.29) is 39.0 Å². The van der Waals surface area contributed by atoms with Crippen LogP contribution in [-0.4, -0.2) is 44.3 Å². The Labute approximate surface area is 247 Å². The molecule has 10 heteroatoms. The van der Waals surface area contributed by atoms with Crippen molar-refractivity contribution in [2.75, 3.05) is 17.4 Å². The van der Waals surface area contributed by atoms with Gasteiger partial charge in [0.15, 0.2) is 0 Å². The first-order valence-electron chi connectivity index (χ1n) is 13.1. The quantitative estimate of drug-likeness (QED) is 0.272.